The molecule has 2 saturated heterocycles. The molecule has 2 aliphatic rings. The SMILES string of the molecule is CN(C)c1nc(N2CCCCC2)c2sc3sc4c(N5CCCCC5)nc(N(C)C)nc4c3c2n1. The molecule has 4 aromatic heterocycles. The lowest BCUT2D eigenvalue weighted by atomic mass is 10.1. The number of hydrogen-bond donors (Lipinski definition) is 0. The van der Waals surface area contributed by atoms with Crippen molar-refractivity contribution in [3.63, 3.8) is 0 Å². The van der Waals surface area contributed by atoms with E-state index in [4.69, 9.17) is 19.9 Å². The maximum Gasteiger partial charge on any atom is 0.227 e. The first-order valence-electron chi connectivity index (χ1n) is 12.3. The van der Waals surface area contributed by atoms with E-state index >= 15 is 0 Å². The minimum Gasteiger partial charge on any atom is -0.355 e. The van der Waals surface area contributed by atoms with Crippen LogP contribution in [-0.2, 0) is 0 Å². The van der Waals surface area contributed by atoms with Gasteiger partial charge in [0.2, 0.25) is 11.9 Å². The first-order valence-corrected chi connectivity index (χ1v) is 13.9. The van der Waals surface area contributed by atoms with Crippen LogP contribution >= 0.6 is 22.7 Å². The fourth-order valence-corrected chi connectivity index (χ4v) is 7.68. The van der Waals surface area contributed by atoms with Crippen molar-refractivity contribution in [2.24, 2.45) is 0 Å². The van der Waals surface area contributed by atoms with E-state index in [1.54, 1.807) is 0 Å². The maximum atomic E-state index is 5.08. The Bertz CT molecular complexity index is 1250. The van der Waals surface area contributed by atoms with Crippen molar-refractivity contribution in [3.8, 4) is 0 Å². The van der Waals surface area contributed by atoms with Crippen molar-refractivity contribution in [1.82, 2.24) is 19.9 Å². The van der Waals surface area contributed by atoms with Gasteiger partial charge in [-0.15, -0.1) is 22.7 Å². The van der Waals surface area contributed by atoms with Crippen molar-refractivity contribution in [2.45, 2.75) is 38.5 Å². The third-order valence-corrected chi connectivity index (χ3v) is 9.29. The average molecular weight is 497 g/mol. The van der Waals surface area contributed by atoms with E-state index in [2.05, 4.69) is 9.80 Å². The van der Waals surface area contributed by atoms with Gasteiger partial charge in [-0.1, -0.05) is 0 Å². The molecule has 0 bridgehead atoms. The normalized spacial score (nSPS) is 17.3. The van der Waals surface area contributed by atoms with Crippen molar-refractivity contribution in [1.29, 1.82) is 0 Å². The summed E-state index contributed by atoms with van der Waals surface area (Å²) < 4.78 is 3.66. The number of anilines is 4. The minimum absolute atomic E-state index is 0.769. The van der Waals surface area contributed by atoms with Gasteiger partial charge in [-0.05, 0) is 38.5 Å². The lowest BCUT2D eigenvalue weighted by molar-refractivity contribution is 0.575. The van der Waals surface area contributed by atoms with Crippen LogP contribution in [-0.4, -0.2) is 74.3 Å². The topological polar surface area (TPSA) is 64.5 Å². The molecular weight excluding hydrogens is 464 g/mol. The molecule has 0 N–H and O–H groups in total. The largest absolute Gasteiger partial charge is 0.355 e. The third-order valence-electron chi connectivity index (χ3n) is 6.85. The van der Waals surface area contributed by atoms with Crippen molar-refractivity contribution in [3.05, 3.63) is 0 Å². The second-order valence-corrected chi connectivity index (χ2v) is 12.1. The van der Waals surface area contributed by atoms with E-state index in [1.165, 1.54) is 57.3 Å². The van der Waals surface area contributed by atoms with Crippen LogP contribution in [0.5, 0.6) is 0 Å². The van der Waals surface area contributed by atoms with Crippen LogP contribution in [0.3, 0.4) is 0 Å². The molecule has 6 rings (SSSR count). The van der Waals surface area contributed by atoms with Crippen molar-refractivity contribution >= 4 is 76.0 Å². The highest BCUT2D eigenvalue weighted by molar-refractivity contribution is 7.45. The van der Waals surface area contributed by atoms with Gasteiger partial charge in [0.15, 0.2) is 11.6 Å². The molecule has 34 heavy (non-hydrogen) atoms. The average Bonchev–Trinajstić information content (AvgIpc) is 3.40. The Morgan fingerprint density at radius 1 is 0.588 bits per heavy atom. The second kappa shape index (κ2) is 8.64. The number of rotatable bonds is 4. The van der Waals surface area contributed by atoms with Crippen LogP contribution in [0.4, 0.5) is 23.5 Å². The predicted molar refractivity (Wildman–Crippen MR) is 147 cm³/mol. The summed E-state index contributed by atoms with van der Waals surface area (Å²) in [7, 11) is 8.10. The fourth-order valence-electron chi connectivity index (χ4n) is 5.04. The fraction of sp³-hybridized carbons (Fsp3) is 0.583. The molecule has 2 aliphatic heterocycles. The zero-order valence-corrected chi connectivity index (χ0v) is 22.1. The lowest BCUT2D eigenvalue weighted by Gasteiger charge is -2.29. The van der Waals surface area contributed by atoms with E-state index in [1.807, 2.05) is 60.7 Å². The Morgan fingerprint density at radius 3 is 1.38 bits per heavy atom. The minimum atomic E-state index is 0.769. The summed E-state index contributed by atoms with van der Waals surface area (Å²) in [4.78, 5) is 29.2. The zero-order chi connectivity index (χ0) is 23.4. The second-order valence-electron chi connectivity index (χ2n) is 9.80. The summed E-state index contributed by atoms with van der Waals surface area (Å²) in [6.07, 6.45) is 7.51. The van der Waals surface area contributed by atoms with Crippen LogP contribution in [0.2, 0.25) is 0 Å². The van der Waals surface area contributed by atoms with Crippen LogP contribution in [0.1, 0.15) is 38.5 Å². The molecule has 0 spiro atoms. The number of piperidine rings is 2. The first kappa shape index (κ1) is 22.0. The highest BCUT2D eigenvalue weighted by Crippen LogP contribution is 2.48. The number of nitrogens with zero attached hydrogens (tertiary/aromatic N) is 8. The van der Waals surface area contributed by atoms with Crippen molar-refractivity contribution in [2.75, 3.05) is 74.0 Å². The van der Waals surface area contributed by atoms with E-state index < -0.39 is 0 Å². The summed E-state index contributed by atoms with van der Waals surface area (Å²) >= 11 is 3.66. The Hall–Kier alpha value is -2.46. The van der Waals surface area contributed by atoms with E-state index in [0.29, 0.717) is 0 Å². The maximum absolute atomic E-state index is 5.08. The standard InChI is InChI=1S/C24H32N8S2/c1-29(2)23-25-16-15-17-19(21(28-24(26-17)30(3)4)32-13-9-6-10-14-32)34-22(15)33-18(16)20(27-23)31-11-7-5-8-12-31/h5-14H2,1-4H3. The van der Waals surface area contributed by atoms with Gasteiger partial charge in [-0.3, -0.25) is 0 Å². The Kier molecular flexibility index (Phi) is 5.60. The lowest BCUT2D eigenvalue weighted by Crippen LogP contribution is -2.31. The van der Waals surface area contributed by atoms with E-state index in [9.17, 15) is 0 Å². The number of fused-ring (bicyclic) bond motifs is 5. The molecule has 0 atom stereocenters. The molecular formula is C24H32N8S2. The number of aromatic nitrogens is 4. The molecule has 0 saturated carbocycles. The first-order chi connectivity index (χ1) is 16.5. The van der Waals surface area contributed by atoms with Gasteiger partial charge < -0.3 is 19.6 Å². The molecule has 0 aliphatic carbocycles. The summed E-state index contributed by atoms with van der Waals surface area (Å²) in [5.74, 6) is 3.72. The van der Waals surface area contributed by atoms with Gasteiger partial charge in [0.25, 0.3) is 0 Å². The smallest absolute Gasteiger partial charge is 0.227 e. The molecule has 10 heteroatoms. The highest BCUT2D eigenvalue weighted by Gasteiger charge is 2.27. The molecule has 4 aromatic rings. The Labute approximate surface area is 208 Å². The summed E-state index contributed by atoms with van der Waals surface area (Å²) in [6.45, 7) is 4.27. The zero-order valence-electron chi connectivity index (χ0n) is 20.5. The van der Waals surface area contributed by atoms with Crippen LogP contribution in [0.25, 0.3) is 29.8 Å². The number of thiophene rings is 2. The van der Waals surface area contributed by atoms with Gasteiger partial charge >= 0.3 is 0 Å². The Balaban J connectivity index is 1.63. The molecule has 8 nitrogen and oxygen atoms in total. The Morgan fingerprint density at radius 2 is 1.00 bits per heavy atom. The molecule has 2 fully saturated rings. The number of hydrogen-bond acceptors (Lipinski definition) is 10. The molecule has 0 unspecified atom stereocenters. The summed E-state index contributed by atoms with van der Waals surface area (Å²) in [5, 5.41) is 1.17. The molecule has 180 valence electrons. The van der Waals surface area contributed by atoms with Crippen LogP contribution < -0.4 is 19.6 Å². The molecule has 0 aromatic carbocycles. The van der Waals surface area contributed by atoms with Gasteiger partial charge in [-0.25, -0.2) is 9.97 Å². The molecule has 6 heterocycles. The van der Waals surface area contributed by atoms with E-state index in [-0.39, 0.29) is 0 Å². The van der Waals surface area contributed by atoms with Gasteiger partial charge in [0, 0.05) is 54.4 Å². The van der Waals surface area contributed by atoms with Crippen LogP contribution in [0, 0.1) is 0 Å². The van der Waals surface area contributed by atoms with E-state index in [0.717, 1.165) is 60.7 Å². The van der Waals surface area contributed by atoms with Gasteiger partial charge in [0.05, 0.1) is 29.8 Å². The summed E-state index contributed by atoms with van der Waals surface area (Å²) in [6, 6.07) is 0. The quantitative estimate of drug-likeness (QED) is 0.393. The van der Waals surface area contributed by atoms with Gasteiger partial charge in [-0.2, -0.15) is 9.97 Å². The monoisotopic (exact) mass is 496 g/mol. The highest BCUT2D eigenvalue weighted by atomic mass is 32.2. The third kappa shape index (κ3) is 3.62. The van der Waals surface area contributed by atoms with Crippen molar-refractivity contribution < 1.29 is 0 Å². The summed E-state index contributed by atoms with van der Waals surface area (Å²) in [5.41, 5.74) is 2.08. The predicted octanol–water partition coefficient (Wildman–Crippen LogP) is 4.96. The van der Waals surface area contributed by atoms with Crippen LogP contribution in [0.15, 0.2) is 0 Å². The molecule has 0 amide bonds. The molecule has 0 radical (unpaired) electrons. The van der Waals surface area contributed by atoms with Gasteiger partial charge in [0.1, 0.15) is 0 Å².